The average Bonchev–Trinajstić information content (AvgIpc) is 2.89. The summed E-state index contributed by atoms with van der Waals surface area (Å²) in [6, 6.07) is 5.78. The Bertz CT molecular complexity index is 582. The van der Waals surface area contributed by atoms with E-state index < -0.39 is 0 Å². The molecule has 7 heteroatoms. The Morgan fingerprint density at radius 3 is 2.83 bits per heavy atom. The van der Waals surface area contributed by atoms with Crippen molar-refractivity contribution < 1.29 is 9.59 Å². The fourth-order valence-corrected chi connectivity index (χ4v) is 2.68. The third-order valence-electron chi connectivity index (χ3n) is 3.98. The molecule has 0 radical (unpaired) electrons. The van der Waals surface area contributed by atoms with Gasteiger partial charge in [-0.15, -0.1) is 12.4 Å². The Kier molecular flexibility index (Phi) is 7.51. The molecule has 2 atom stereocenters. The lowest BCUT2D eigenvalue weighted by Gasteiger charge is -2.18. The van der Waals surface area contributed by atoms with Gasteiger partial charge in [-0.3, -0.25) is 9.59 Å². The minimum Gasteiger partial charge on any atom is -0.355 e. The van der Waals surface area contributed by atoms with E-state index in [1.165, 1.54) is 0 Å². The molecule has 1 aliphatic rings. The van der Waals surface area contributed by atoms with E-state index in [0.29, 0.717) is 19.6 Å². The molecule has 0 spiro atoms. The zero-order valence-electron chi connectivity index (χ0n) is 13.3. The molecule has 3 N–H and O–H groups in total. The van der Waals surface area contributed by atoms with Crippen molar-refractivity contribution in [2.75, 3.05) is 24.5 Å². The standard InChI is InChI=1S/C16H22BrN3O2.ClH/c1-10(7-18)8-19-16(22)12-6-15(21)20(9-12)13-3-4-14(17)11(2)5-13;/h3-5,10,12H,6-9,18H2,1-2H3,(H,19,22);1H. The quantitative estimate of drug-likeness (QED) is 0.790. The number of nitrogens with zero attached hydrogens (tertiary/aromatic N) is 1. The highest BCUT2D eigenvalue weighted by Gasteiger charge is 2.35. The highest BCUT2D eigenvalue weighted by Crippen LogP contribution is 2.28. The summed E-state index contributed by atoms with van der Waals surface area (Å²) in [5.41, 5.74) is 7.45. The molecule has 0 aliphatic carbocycles. The highest BCUT2D eigenvalue weighted by molar-refractivity contribution is 9.10. The smallest absolute Gasteiger partial charge is 0.227 e. The Balaban J connectivity index is 0.00000264. The second kappa shape index (κ2) is 8.66. The monoisotopic (exact) mass is 403 g/mol. The van der Waals surface area contributed by atoms with E-state index in [-0.39, 0.29) is 42.5 Å². The van der Waals surface area contributed by atoms with Crippen LogP contribution in [-0.4, -0.2) is 31.4 Å². The van der Waals surface area contributed by atoms with Gasteiger partial charge in [0, 0.05) is 29.7 Å². The zero-order valence-corrected chi connectivity index (χ0v) is 15.7. The second-order valence-electron chi connectivity index (χ2n) is 5.92. The molecule has 0 aromatic heterocycles. The summed E-state index contributed by atoms with van der Waals surface area (Å²) < 4.78 is 1.01. The lowest BCUT2D eigenvalue weighted by Crippen LogP contribution is -2.36. The summed E-state index contributed by atoms with van der Waals surface area (Å²) in [6.07, 6.45) is 0.262. The molecule has 0 saturated carbocycles. The second-order valence-corrected chi connectivity index (χ2v) is 6.78. The van der Waals surface area contributed by atoms with E-state index in [0.717, 1.165) is 15.7 Å². The summed E-state index contributed by atoms with van der Waals surface area (Å²) in [7, 11) is 0. The van der Waals surface area contributed by atoms with Crippen LogP contribution in [0.15, 0.2) is 22.7 Å². The zero-order chi connectivity index (χ0) is 16.3. The van der Waals surface area contributed by atoms with E-state index in [1.54, 1.807) is 4.90 Å². The maximum absolute atomic E-state index is 12.2. The third-order valence-corrected chi connectivity index (χ3v) is 4.87. The van der Waals surface area contributed by atoms with Crippen molar-refractivity contribution in [1.82, 2.24) is 5.32 Å². The molecule has 1 heterocycles. The number of aryl methyl sites for hydroxylation is 1. The molecule has 2 unspecified atom stereocenters. The number of amides is 2. The summed E-state index contributed by atoms with van der Waals surface area (Å²) in [6.45, 7) is 5.48. The van der Waals surface area contributed by atoms with Crippen LogP contribution in [-0.2, 0) is 9.59 Å². The first-order valence-corrected chi connectivity index (χ1v) is 8.26. The lowest BCUT2D eigenvalue weighted by molar-refractivity contribution is -0.126. The highest BCUT2D eigenvalue weighted by atomic mass is 79.9. The van der Waals surface area contributed by atoms with Crippen LogP contribution in [0.2, 0.25) is 0 Å². The number of benzene rings is 1. The van der Waals surface area contributed by atoms with Gasteiger partial charge in [0.2, 0.25) is 11.8 Å². The Hall–Kier alpha value is -1.11. The van der Waals surface area contributed by atoms with Gasteiger partial charge in [-0.1, -0.05) is 22.9 Å². The van der Waals surface area contributed by atoms with Crippen LogP contribution in [0.5, 0.6) is 0 Å². The largest absolute Gasteiger partial charge is 0.355 e. The first kappa shape index (κ1) is 19.9. The van der Waals surface area contributed by atoms with Gasteiger partial charge in [0.1, 0.15) is 0 Å². The van der Waals surface area contributed by atoms with E-state index in [1.807, 2.05) is 32.0 Å². The molecule has 2 amide bonds. The van der Waals surface area contributed by atoms with Crippen LogP contribution >= 0.6 is 28.3 Å². The summed E-state index contributed by atoms with van der Waals surface area (Å²) in [5.74, 6) is -0.119. The predicted molar refractivity (Wildman–Crippen MR) is 97.8 cm³/mol. The fraction of sp³-hybridized carbons (Fsp3) is 0.500. The Labute approximate surface area is 151 Å². The average molecular weight is 405 g/mol. The maximum Gasteiger partial charge on any atom is 0.227 e. The minimum atomic E-state index is -0.290. The first-order chi connectivity index (χ1) is 10.4. The van der Waals surface area contributed by atoms with Gasteiger partial charge in [-0.05, 0) is 43.1 Å². The van der Waals surface area contributed by atoms with Gasteiger partial charge < -0.3 is 16.0 Å². The number of carbonyl (C=O) groups excluding carboxylic acids is 2. The van der Waals surface area contributed by atoms with Gasteiger partial charge in [-0.2, -0.15) is 0 Å². The first-order valence-electron chi connectivity index (χ1n) is 7.46. The minimum absolute atomic E-state index is 0. The van der Waals surface area contributed by atoms with Crippen LogP contribution in [0.25, 0.3) is 0 Å². The van der Waals surface area contributed by atoms with Crippen molar-refractivity contribution in [3.8, 4) is 0 Å². The van der Waals surface area contributed by atoms with Gasteiger partial charge in [0.25, 0.3) is 0 Å². The molecule has 5 nitrogen and oxygen atoms in total. The van der Waals surface area contributed by atoms with E-state index in [2.05, 4.69) is 21.2 Å². The lowest BCUT2D eigenvalue weighted by atomic mass is 10.1. The van der Waals surface area contributed by atoms with Crippen molar-refractivity contribution in [2.24, 2.45) is 17.6 Å². The van der Waals surface area contributed by atoms with E-state index in [4.69, 9.17) is 5.73 Å². The number of hydrogen-bond donors (Lipinski definition) is 2. The van der Waals surface area contributed by atoms with Crippen LogP contribution in [0.3, 0.4) is 0 Å². The molecule has 0 bridgehead atoms. The number of carbonyl (C=O) groups is 2. The molecule has 1 aliphatic heterocycles. The van der Waals surface area contributed by atoms with Crippen LogP contribution < -0.4 is 16.0 Å². The maximum atomic E-state index is 12.2. The summed E-state index contributed by atoms with van der Waals surface area (Å²) >= 11 is 3.45. The van der Waals surface area contributed by atoms with Crippen molar-refractivity contribution in [3.63, 3.8) is 0 Å². The molecule has 2 rings (SSSR count). The van der Waals surface area contributed by atoms with Crippen molar-refractivity contribution in [1.29, 1.82) is 0 Å². The Morgan fingerprint density at radius 2 is 2.22 bits per heavy atom. The van der Waals surface area contributed by atoms with Crippen LogP contribution in [0.1, 0.15) is 18.9 Å². The molecule has 1 aromatic rings. The number of rotatable bonds is 5. The molecule has 128 valence electrons. The predicted octanol–water partition coefficient (Wildman–Crippen LogP) is 2.24. The fourth-order valence-electron chi connectivity index (χ4n) is 2.43. The topological polar surface area (TPSA) is 75.4 Å². The molecule has 1 saturated heterocycles. The number of nitrogens with one attached hydrogen (secondary N) is 1. The van der Waals surface area contributed by atoms with Crippen LogP contribution in [0.4, 0.5) is 5.69 Å². The number of hydrogen-bond acceptors (Lipinski definition) is 3. The summed E-state index contributed by atoms with van der Waals surface area (Å²) in [5, 5.41) is 2.88. The molecule has 23 heavy (non-hydrogen) atoms. The SMILES string of the molecule is Cc1cc(N2CC(C(=O)NCC(C)CN)CC2=O)ccc1Br.Cl. The molecule has 1 fully saturated rings. The van der Waals surface area contributed by atoms with Crippen molar-refractivity contribution in [3.05, 3.63) is 28.2 Å². The summed E-state index contributed by atoms with van der Waals surface area (Å²) in [4.78, 5) is 26.1. The third kappa shape index (κ3) is 4.93. The van der Waals surface area contributed by atoms with E-state index >= 15 is 0 Å². The van der Waals surface area contributed by atoms with Crippen molar-refractivity contribution in [2.45, 2.75) is 20.3 Å². The van der Waals surface area contributed by atoms with Gasteiger partial charge >= 0.3 is 0 Å². The number of nitrogens with two attached hydrogens (primary N) is 1. The normalized spacial score (nSPS) is 18.5. The molecular formula is C16H23BrClN3O2. The molecule has 1 aromatic carbocycles. The number of anilines is 1. The van der Waals surface area contributed by atoms with Gasteiger partial charge in [0.15, 0.2) is 0 Å². The Morgan fingerprint density at radius 1 is 1.52 bits per heavy atom. The van der Waals surface area contributed by atoms with E-state index in [9.17, 15) is 9.59 Å². The van der Waals surface area contributed by atoms with Crippen molar-refractivity contribution >= 4 is 45.8 Å². The van der Waals surface area contributed by atoms with Crippen LogP contribution in [0, 0.1) is 18.8 Å². The van der Waals surface area contributed by atoms with Gasteiger partial charge in [-0.25, -0.2) is 0 Å². The number of halogens is 2. The molecular weight excluding hydrogens is 382 g/mol. The van der Waals surface area contributed by atoms with Gasteiger partial charge in [0.05, 0.1) is 5.92 Å².